The Morgan fingerprint density at radius 1 is 1.12 bits per heavy atom. The van der Waals surface area contributed by atoms with Crippen molar-refractivity contribution in [2.45, 2.75) is 46.6 Å². The Hall–Kier alpha value is -0.820. The Morgan fingerprint density at radius 2 is 1.75 bits per heavy atom. The Morgan fingerprint density at radius 3 is 2.31 bits per heavy atom. The van der Waals surface area contributed by atoms with Gasteiger partial charge in [0.2, 0.25) is 0 Å². The van der Waals surface area contributed by atoms with Gasteiger partial charge in [-0.15, -0.1) is 0 Å². The number of benzene rings is 1. The fraction of sp³-hybridized carbons (Fsp3) is 0.600. The summed E-state index contributed by atoms with van der Waals surface area (Å²) in [7, 11) is 0. The molecule has 1 N–H and O–H groups in total. The summed E-state index contributed by atoms with van der Waals surface area (Å²) in [5, 5.41) is 3.67. The van der Waals surface area contributed by atoms with E-state index >= 15 is 0 Å². The third-order valence-electron chi connectivity index (χ3n) is 3.75. The van der Waals surface area contributed by atoms with Gasteiger partial charge in [-0.3, -0.25) is 0 Å². The van der Waals surface area contributed by atoms with Crippen LogP contribution in [0.3, 0.4) is 0 Å². The number of nitrogens with one attached hydrogen (secondary N) is 1. The number of hydrogen-bond donors (Lipinski definition) is 1. The predicted molar refractivity (Wildman–Crippen MR) is 69.8 cm³/mol. The van der Waals surface area contributed by atoms with Gasteiger partial charge < -0.3 is 5.32 Å². The Labute approximate surface area is 99.3 Å². The van der Waals surface area contributed by atoms with Crippen LogP contribution < -0.4 is 5.32 Å². The molecule has 1 heteroatoms. The Kier molecular flexibility index (Phi) is 3.34. The molecule has 0 aromatic heterocycles. The summed E-state index contributed by atoms with van der Waals surface area (Å²) in [5.41, 5.74) is 5.81. The van der Waals surface area contributed by atoms with E-state index in [9.17, 15) is 0 Å². The molecule has 1 aromatic carbocycles. The van der Waals surface area contributed by atoms with Gasteiger partial charge in [-0.1, -0.05) is 24.6 Å². The van der Waals surface area contributed by atoms with Gasteiger partial charge in [-0.25, -0.2) is 0 Å². The molecule has 88 valence electrons. The average Bonchev–Trinajstić information content (AvgIpc) is 2.15. The van der Waals surface area contributed by atoms with Gasteiger partial charge in [0.1, 0.15) is 0 Å². The molecule has 1 saturated heterocycles. The van der Waals surface area contributed by atoms with Crippen molar-refractivity contribution in [2.75, 3.05) is 6.54 Å². The quantitative estimate of drug-likeness (QED) is 0.757. The highest BCUT2D eigenvalue weighted by atomic mass is 14.9. The third kappa shape index (κ3) is 2.30. The van der Waals surface area contributed by atoms with E-state index in [1.807, 2.05) is 0 Å². The van der Waals surface area contributed by atoms with E-state index in [4.69, 9.17) is 0 Å². The van der Waals surface area contributed by atoms with E-state index in [1.165, 1.54) is 41.6 Å². The molecular weight excluding hydrogens is 194 g/mol. The van der Waals surface area contributed by atoms with Crippen molar-refractivity contribution in [2.24, 2.45) is 5.92 Å². The van der Waals surface area contributed by atoms with Crippen molar-refractivity contribution in [3.8, 4) is 0 Å². The summed E-state index contributed by atoms with van der Waals surface area (Å²) in [5.74, 6) is 0.853. The van der Waals surface area contributed by atoms with E-state index in [1.54, 1.807) is 0 Å². The van der Waals surface area contributed by atoms with Gasteiger partial charge in [0.25, 0.3) is 0 Å². The SMILES string of the molecule is Cc1cc(C)c(C2CC(C)CCN2)c(C)c1. The molecule has 2 unspecified atom stereocenters. The molecule has 1 aromatic rings. The Balaban J connectivity index is 2.32. The van der Waals surface area contributed by atoms with Crippen molar-refractivity contribution in [3.63, 3.8) is 0 Å². The van der Waals surface area contributed by atoms with E-state index in [0.717, 1.165) is 5.92 Å². The van der Waals surface area contributed by atoms with Gasteiger partial charge >= 0.3 is 0 Å². The molecule has 0 saturated carbocycles. The first-order valence-corrected chi connectivity index (χ1v) is 6.39. The number of hydrogen-bond acceptors (Lipinski definition) is 1. The summed E-state index contributed by atoms with van der Waals surface area (Å²) < 4.78 is 0. The smallest absolute Gasteiger partial charge is 0.0328 e. The number of piperidine rings is 1. The summed E-state index contributed by atoms with van der Waals surface area (Å²) in [4.78, 5) is 0. The van der Waals surface area contributed by atoms with Crippen LogP contribution >= 0.6 is 0 Å². The lowest BCUT2D eigenvalue weighted by Crippen LogP contribution is -2.31. The summed E-state index contributed by atoms with van der Waals surface area (Å²) in [6, 6.07) is 5.19. The number of rotatable bonds is 1. The highest BCUT2D eigenvalue weighted by Gasteiger charge is 2.22. The highest BCUT2D eigenvalue weighted by Crippen LogP contribution is 2.31. The fourth-order valence-electron chi connectivity index (χ4n) is 3.07. The second kappa shape index (κ2) is 4.58. The van der Waals surface area contributed by atoms with Crippen molar-refractivity contribution in [1.29, 1.82) is 0 Å². The van der Waals surface area contributed by atoms with Gasteiger partial charge in [0.05, 0.1) is 0 Å². The van der Waals surface area contributed by atoms with Crippen molar-refractivity contribution < 1.29 is 0 Å². The van der Waals surface area contributed by atoms with Crippen LogP contribution in [0.2, 0.25) is 0 Å². The van der Waals surface area contributed by atoms with Crippen LogP contribution in [0.5, 0.6) is 0 Å². The maximum Gasteiger partial charge on any atom is 0.0328 e. The lowest BCUT2D eigenvalue weighted by atomic mass is 9.85. The van der Waals surface area contributed by atoms with E-state index in [2.05, 4.69) is 45.1 Å². The molecule has 16 heavy (non-hydrogen) atoms. The van der Waals surface area contributed by atoms with Crippen LogP contribution in [0.15, 0.2) is 12.1 Å². The van der Waals surface area contributed by atoms with Crippen LogP contribution in [0.4, 0.5) is 0 Å². The fourth-order valence-corrected chi connectivity index (χ4v) is 3.07. The topological polar surface area (TPSA) is 12.0 Å². The Bertz CT molecular complexity index is 358. The van der Waals surface area contributed by atoms with Crippen molar-refractivity contribution in [3.05, 3.63) is 34.4 Å². The molecule has 1 nitrogen and oxygen atoms in total. The molecule has 1 heterocycles. The summed E-state index contributed by atoms with van der Waals surface area (Å²) in [6.45, 7) is 10.2. The van der Waals surface area contributed by atoms with Crippen molar-refractivity contribution >= 4 is 0 Å². The van der Waals surface area contributed by atoms with Crippen LogP contribution in [0, 0.1) is 26.7 Å². The minimum atomic E-state index is 0.573. The molecule has 1 aliphatic heterocycles. The van der Waals surface area contributed by atoms with Crippen LogP contribution in [-0.2, 0) is 0 Å². The van der Waals surface area contributed by atoms with Gasteiger partial charge in [0, 0.05) is 6.04 Å². The second-order valence-electron chi connectivity index (χ2n) is 5.45. The molecular formula is C15H23N. The molecule has 2 rings (SSSR count). The standard InChI is InChI=1S/C15H23N/c1-10-5-6-16-14(9-10)15-12(3)7-11(2)8-13(15)4/h7-8,10,14,16H,5-6,9H2,1-4H3. The van der Waals surface area contributed by atoms with Gasteiger partial charge in [0.15, 0.2) is 0 Å². The predicted octanol–water partition coefficient (Wildman–Crippen LogP) is 3.67. The first-order chi connectivity index (χ1) is 7.58. The molecule has 0 aliphatic carbocycles. The van der Waals surface area contributed by atoms with Gasteiger partial charge in [-0.2, -0.15) is 0 Å². The zero-order chi connectivity index (χ0) is 11.7. The molecule has 2 atom stereocenters. The lowest BCUT2D eigenvalue weighted by molar-refractivity contribution is 0.324. The van der Waals surface area contributed by atoms with E-state index < -0.39 is 0 Å². The summed E-state index contributed by atoms with van der Waals surface area (Å²) in [6.07, 6.45) is 2.60. The minimum Gasteiger partial charge on any atom is -0.310 e. The molecule has 0 radical (unpaired) electrons. The van der Waals surface area contributed by atoms with Crippen molar-refractivity contribution in [1.82, 2.24) is 5.32 Å². The zero-order valence-corrected chi connectivity index (χ0v) is 10.9. The lowest BCUT2D eigenvalue weighted by Gasteiger charge is -2.31. The van der Waals surface area contributed by atoms with Gasteiger partial charge in [-0.05, 0) is 62.8 Å². The number of aryl methyl sites for hydroxylation is 3. The molecule has 0 bridgehead atoms. The monoisotopic (exact) mass is 217 g/mol. The first-order valence-electron chi connectivity index (χ1n) is 6.39. The largest absolute Gasteiger partial charge is 0.310 e. The minimum absolute atomic E-state index is 0.573. The van der Waals surface area contributed by atoms with E-state index in [-0.39, 0.29) is 0 Å². The van der Waals surface area contributed by atoms with Crippen LogP contribution in [0.25, 0.3) is 0 Å². The average molecular weight is 217 g/mol. The second-order valence-corrected chi connectivity index (χ2v) is 5.45. The normalized spacial score (nSPS) is 25.8. The first kappa shape index (κ1) is 11.7. The maximum absolute atomic E-state index is 3.67. The van der Waals surface area contributed by atoms with E-state index in [0.29, 0.717) is 6.04 Å². The molecule has 0 amide bonds. The summed E-state index contributed by atoms with van der Waals surface area (Å²) >= 11 is 0. The van der Waals surface area contributed by atoms with Crippen LogP contribution in [-0.4, -0.2) is 6.54 Å². The maximum atomic E-state index is 3.67. The molecule has 1 aliphatic rings. The van der Waals surface area contributed by atoms with Crippen LogP contribution in [0.1, 0.15) is 48.1 Å². The highest BCUT2D eigenvalue weighted by molar-refractivity contribution is 5.39. The third-order valence-corrected chi connectivity index (χ3v) is 3.75. The molecule has 1 fully saturated rings. The zero-order valence-electron chi connectivity index (χ0n) is 10.9. The molecule has 0 spiro atoms.